The molecule has 1 aromatic heterocycles. The molecule has 1 N–H and O–H groups in total. The maximum Gasteiger partial charge on any atom is 0.306 e. The predicted molar refractivity (Wildman–Crippen MR) is 136 cm³/mol. The van der Waals surface area contributed by atoms with Gasteiger partial charge in [-0.25, -0.2) is 9.99 Å². The van der Waals surface area contributed by atoms with Crippen molar-refractivity contribution in [1.29, 1.82) is 0 Å². The number of nitrogens with one attached hydrogen (secondary N) is 1. The largest absolute Gasteiger partial charge is 0.487 e. The van der Waals surface area contributed by atoms with Gasteiger partial charge in [0.1, 0.15) is 17.4 Å². The number of hydrogen-bond donors (Lipinski definition) is 1. The van der Waals surface area contributed by atoms with Gasteiger partial charge in [-0.05, 0) is 38.0 Å². The summed E-state index contributed by atoms with van der Waals surface area (Å²) in [6, 6.07) is 18.2. The SMILES string of the molecule is CCOC(=O)CCC1=C(OCC)NN(Cc2ccc(OCc3csc(-c4ccccc4)n3)cc2)C1. The third kappa shape index (κ3) is 7.07. The monoisotopic (exact) mass is 493 g/mol. The molecule has 0 fully saturated rings. The summed E-state index contributed by atoms with van der Waals surface area (Å²) in [7, 11) is 0. The van der Waals surface area contributed by atoms with E-state index >= 15 is 0 Å². The van der Waals surface area contributed by atoms with Crippen LogP contribution in [0.25, 0.3) is 10.6 Å². The molecular formula is C27H31N3O4S. The Labute approximate surface area is 210 Å². The fraction of sp³-hybridized carbons (Fsp3) is 0.333. The second-order valence-corrected chi connectivity index (χ2v) is 8.94. The molecule has 0 aliphatic carbocycles. The van der Waals surface area contributed by atoms with Crippen molar-refractivity contribution in [2.24, 2.45) is 0 Å². The van der Waals surface area contributed by atoms with Gasteiger partial charge in [0, 0.05) is 36.0 Å². The van der Waals surface area contributed by atoms with Crippen LogP contribution in [0.3, 0.4) is 0 Å². The van der Waals surface area contributed by atoms with Crippen LogP contribution < -0.4 is 10.2 Å². The van der Waals surface area contributed by atoms with E-state index in [1.165, 1.54) is 0 Å². The molecule has 0 saturated heterocycles. The van der Waals surface area contributed by atoms with Gasteiger partial charge in [0.25, 0.3) is 0 Å². The highest BCUT2D eigenvalue weighted by atomic mass is 32.1. The Hall–Kier alpha value is -3.36. The first-order valence-electron chi connectivity index (χ1n) is 11.9. The molecule has 0 saturated carbocycles. The van der Waals surface area contributed by atoms with E-state index in [0.29, 0.717) is 45.8 Å². The number of hydrazine groups is 1. The van der Waals surface area contributed by atoms with Crippen molar-refractivity contribution in [3.63, 3.8) is 0 Å². The highest BCUT2D eigenvalue weighted by molar-refractivity contribution is 7.13. The number of carbonyl (C=O) groups is 1. The van der Waals surface area contributed by atoms with Gasteiger partial charge in [-0.2, -0.15) is 0 Å². The van der Waals surface area contributed by atoms with Gasteiger partial charge in [-0.15, -0.1) is 11.3 Å². The number of esters is 1. The summed E-state index contributed by atoms with van der Waals surface area (Å²) < 4.78 is 16.7. The lowest BCUT2D eigenvalue weighted by molar-refractivity contribution is -0.143. The van der Waals surface area contributed by atoms with Crippen LogP contribution in [-0.4, -0.2) is 35.7 Å². The van der Waals surface area contributed by atoms with E-state index in [1.54, 1.807) is 11.3 Å². The second-order valence-electron chi connectivity index (χ2n) is 8.08. The molecule has 8 heteroatoms. The zero-order valence-electron chi connectivity index (χ0n) is 20.2. The molecule has 35 heavy (non-hydrogen) atoms. The Balaban J connectivity index is 1.27. The number of nitrogens with zero attached hydrogens (tertiary/aromatic N) is 2. The number of ether oxygens (including phenoxy) is 3. The molecule has 7 nitrogen and oxygen atoms in total. The van der Waals surface area contributed by atoms with Gasteiger partial charge in [0.15, 0.2) is 0 Å². The van der Waals surface area contributed by atoms with Crippen LogP contribution in [0.5, 0.6) is 5.75 Å². The molecule has 184 valence electrons. The normalized spacial score (nSPS) is 13.5. The predicted octanol–water partition coefficient (Wildman–Crippen LogP) is 5.30. The lowest BCUT2D eigenvalue weighted by atomic mass is 10.1. The first-order chi connectivity index (χ1) is 17.1. The van der Waals surface area contributed by atoms with Crippen LogP contribution in [-0.2, 0) is 27.4 Å². The summed E-state index contributed by atoms with van der Waals surface area (Å²) in [4.78, 5) is 16.4. The third-order valence-corrected chi connectivity index (χ3v) is 6.38. The van der Waals surface area contributed by atoms with Crippen molar-refractivity contribution in [1.82, 2.24) is 15.4 Å². The average molecular weight is 494 g/mol. The van der Waals surface area contributed by atoms with Gasteiger partial charge in [-0.3, -0.25) is 10.2 Å². The van der Waals surface area contributed by atoms with E-state index in [1.807, 2.05) is 49.6 Å². The summed E-state index contributed by atoms with van der Waals surface area (Å²) in [6.45, 7) is 6.57. The van der Waals surface area contributed by atoms with Gasteiger partial charge in [0.05, 0.1) is 18.9 Å². The zero-order valence-corrected chi connectivity index (χ0v) is 21.0. The molecule has 4 rings (SSSR count). The summed E-state index contributed by atoms with van der Waals surface area (Å²) in [5.74, 6) is 1.37. The molecule has 0 bridgehead atoms. The van der Waals surface area contributed by atoms with Crippen LogP contribution in [0.1, 0.15) is 37.9 Å². The quantitative estimate of drug-likeness (QED) is 0.343. The first kappa shape index (κ1) is 24.8. The maximum atomic E-state index is 11.7. The lowest BCUT2D eigenvalue weighted by Crippen LogP contribution is -2.32. The van der Waals surface area contributed by atoms with E-state index in [4.69, 9.17) is 14.2 Å². The highest BCUT2D eigenvalue weighted by Crippen LogP contribution is 2.25. The number of benzene rings is 2. The van der Waals surface area contributed by atoms with E-state index in [0.717, 1.165) is 39.0 Å². The molecule has 2 aromatic carbocycles. The van der Waals surface area contributed by atoms with Crippen molar-refractivity contribution in [2.45, 2.75) is 39.8 Å². The van der Waals surface area contributed by atoms with Crippen LogP contribution in [0.2, 0.25) is 0 Å². The molecule has 0 radical (unpaired) electrons. The number of hydrogen-bond acceptors (Lipinski definition) is 8. The van der Waals surface area contributed by atoms with Crippen molar-refractivity contribution in [2.75, 3.05) is 19.8 Å². The first-order valence-corrected chi connectivity index (χ1v) is 12.8. The van der Waals surface area contributed by atoms with Crippen molar-refractivity contribution < 1.29 is 19.0 Å². The summed E-state index contributed by atoms with van der Waals surface area (Å²) in [6.07, 6.45) is 0.972. The highest BCUT2D eigenvalue weighted by Gasteiger charge is 2.23. The minimum Gasteiger partial charge on any atom is -0.487 e. The Morgan fingerprint density at radius 1 is 1.06 bits per heavy atom. The van der Waals surface area contributed by atoms with Gasteiger partial charge in [0.2, 0.25) is 5.88 Å². The van der Waals surface area contributed by atoms with Crippen LogP contribution in [0, 0.1) is 0 Å². The minimum absolute atomic E-state index is 0.182. The van der Waals surface area contributed by atoms with Gasteiger partial charge in [-0.1, -0.05) is 42.5 Å². The van der Waals surface area contributed by atoms with Crippen molar-refractivity contribution >= 4 is 17.3 Å². The number of aromatic nitrogens is 1. The maximum absolute atomic E-state index is 11.7. The van der Waals surface area contributed by atoms with Crippen molar-refractivity contribution in [3.05, 3.63) is 82.7 Å². The minimum atomic E-state index is -0.182. The Morgan fingerprint density at radius 2 is 1.86 bits per heavy atom. The van der Waals surface area contributed by atoms with Crippen LogP contribution >= 0.6 is 11.3 Å². The van der Waals surface area contributed by atoms with Crippen LogP contribution in [0.15, 0.2) is 71.4 Å². The molecule has 0 amide bonds. The van der Waals surface area contributed by atoms with Crippen LogP contribution in [0.4, 0.5) is 0 Å². The molecule has 0 unspecified atom stereocenters. The molecule has 0 atom stereocenters. The second kappa shape index (κ2) is 12.4. The molecule has 1 aliphatic heterocycles. The molecule has 1 aliphatic rings. The smallest absolute Gasteiger partial charge is 0.306 e. The summed E-state index contributed by atoms with van der Waals surface area (Å²) >= 11 is 1.63. The Bertz CT molecular complexity index is 1130. The Morgan fingerprint density at radius 3 is 2.60 bits per heavy atom. The topological polar surface area (TPSA) is 72.9 Å². The number of thiazole rings is 1. The molecular weight excluding hydrogens is 462 g/mol. The van der Waals surface area contributed by atoms with Gasteiger partial charge < -0.3 is 14.2 Å². The van der Waals surface area contributed by atoms with E-state index < -0.39 is 0 Å². The molecule has 0 spiro atoms. The standard InChI is InChI=1S/C27H31N3O4S/c1-3-32-25(31)15-12-22-17-30(29-26(22)33-4-2)16-20-10-13-24(14-11-20)34-18-23-19-35-27(28-23)21-8-6-5-7-9-21/h5-11,13-14,19,29H,3-4,12,15-18H2,1-2H3. The number of carbonyl (C=O) groups excluding carboxylic acids is 1. The Kier molecular flexibility index (Phi) is 8.75. The number of rotatable bonds is 12. The van der Waals surface area contributed by atoms with Crippen molar-refractivity contribution in [3.8, 4) is 16.3 Å². The summed E-state index contributed by atoms with van der Waals surface area (Å²) in [5.41, 5.74) is 7.59. The molecule has 2 heterocycles. The lowest BCUT2D eigenvalue weighted by Gasteiger charge is -2.18. The van der Waals surface area contributed by atoms with Gasteiger partial charge >= 0.3 is 5.97 Å². The summed E-state index contributed by atoms with van der Waals surface area (Å²) in [5, 5.41) is 5.12. The average Bonchev–Trinajstić information content (AvgIpc) is 3.50. The van der Waals surface area contributed by atoms with E-state index in [-0.39, 0.29) is 5.97 Å². The van der Waals surface area contributed by atoms with E-state index in [2.05, 4.69) is 39.7 Å². The molecule has 3 aromatic rings. The zero-order chi connectivity index (χ0) is 24.5. The van der Waals surface area contributed by atoms with E-state index in [9.17, 15) is 4.79 Å². The fourth-order valence-corrected chi connectivity index (χ4v) is 4.58. The third-order valence-electron chi connectivity index (χ3n) is 5.44. The fourth-order valence-electron chi connectivity index (χ4n) is 3.77.